The first-order valence-corrected chi connectivity index (χ1v) is 4.32. The molecule has 0 aromatic carbocycles. The van der Waals surface area contributed by atoms with Gasteiger partial charge in [-0.1, -0.05) is 24.8 Å². The lowest BCUT2D eigenvalue weighted by Gasteiger charge is -1.93. The molecule has 13 heavy (non-hydrogen) atoms. The van der Waals surface area contributed by atoms with Gasteiger partial charge in [0, 0.05) is 12.1 Å². The molecule has 1 aromatic rings. The van der Waals surface area contributed by atoms with E-state index in [9.17, 15) is 0 Å². The Bertz CT molecular complexity index is 394. The molecule has 1 aliphatic heterocycles. The van der Waals surface area contributed by atoms with E-state index in [2.05, 4.69) is 29.1 Å². The van der Waals surface area contributed by atoms with Gasteiger partial charge in [-0.3, -0.25) is 0 Å². The zero-order valence-electron chi connectivity index (χ0n) is 7.70. The smallest absolute Gasteiger partial charge is 0.0954 e. The molecule has 2 rings (SSSR count). The average molecular weight is 172 g/mol. The summed E-state index contributed by atoms with van der Waals surface area (Å²) in [5.41, 5.74) is 3.86. The Morgan fingerprint density at radius 3 is 3.23 bits per heavy atom. The summed E-state index contributed by atoms with van der Waals surface area (Å²) in [6.45, 7) is 6.77. The van der Waals surface area contributed by atoms with Gasteiger partial charge in [-0.25, -0.2) is 4.98 Å². The largest absolute Gasteiger partial charge is 0.326 e. The molecule has 0 unspecified atom stereocenters. The Kier molecular flexibility index (Phi) is 1.89. The number of allylic oxidation sites excluding steroid dienone is 5. The quantitative estimate of drug-likeness (QED) is 0.626. The highest BCUT2D eigenvalue weighted by Crippen LogP contribution is 2.27. The lowest BCUT2D eigenvalue weighted by atomic mass is 10.1. The summed E-state index contributed by atoms with van der Waals surface area (Å²) < 4.78 is 2.15. The van der Waals surface area contributed by atoms with Crippen LogP contribution in [-0.2, 0) is 6.54 Å². The topological polar surface area (TPSA) is 17.8 Å². The third-order valence-electron chi connectivity index (χ3n) is 2.25. The number of hydrogen-bond donors (Lipinski definition) is 0. The molecule has 0 spiro atoms. The summed E-state index contributed by atoms with van der Waals surface area (Å²) >= 11 is 0. The van der Waals surface area contributed by atoms with Crippen LogP contribution >= 0.6 is 0 Å². The predicted octanol–water partition coefficient (Wildman–Crippen LogP) is 2.41. The standard InChI is InChI=1S/C11H12N2/c1-3-4-5-10-9(2)7-13-8-12-6-11(10)13/h3-6,8H,1,7H2,2H3/b5-4-. The molecule has 0 radical (unpaired) electrons. The third kappa shape index (κ3) is 1.24. The van der Waals surface area contributed by atoms with Crippen molar-refractivity contribution in [3.8, 4) is 0 Å². The summed E-state index contributed by atoms with van der Waals surface area (Å²) in [5, 5.41) is 0. The highest BCUT2D eigenvalue weighted by molar-refractivity contribution is 5.76. The predicted molar refractivity (Wildman–Crippen MR) is 54.2 cm³/mol. The van der Waals surface area contributed by atoms with Crippen LogP contribution in [0.3, 0.4) is 0 Å². The molecule has 1 aromatic heterocycles. The second-order valence-corrected chi connectivity index (χ2v) is 3.20. The van der Waals surface area contributed by atoms with Crippen molar-refractivity contribution in [2.24, 2.45) is 0 Å². The van der Waals surface area contributed by atoms with Crippen molar-refractivity contribution in [3.05, 3.63) is 48.6 Å². The maximum Gasteiger partial charge on any atom is 0.0954 e. The number of imidazole rings is 1. The number of aromatic nitrogens is 2. The van der Waals surface area contributed by atoms with Crippen LogP contribution in [0.1, 0.15) is 12.6 Å². The van der Waals surface area contributed by atoms with E-state index >= 15 is 0 Å². The minimum Gasteiger partial charge on any atom is -0.326 e. The average Bonchev–Trinajstić information content (AvgIpc) is 2.62. The molecule has 0 amide bonds. The van der Waals surface area contributed by atoms with E-state index in [1.54, 1.807) is 6.08 Å². The Labute approximate surface area is 77.9 Å². The maximum absolute atomic E-state index is 4.11. The lowest BCUT2D eigenvalue weighted by Crippen LogP contribution is -1.90. The van der Waals surface area contributed by atoms with Crippen LogP contribution in [-0.4, -0.2) is 9.55 Å². The SMILES string of the molecule is C=C/C=C\C1=C(C)Cn2cncc21. The van der Waals surface area contributed by atoms with Gasteiger partial charge in [-0.2, -0.15) is 0 Å². The van der Waals surface area contributed by atoms with Crippen molar-refractivity contribution in [1.29, 1.82) is 0 Å². The van der Waals surface area contributed by atoms with Gasteiger partial charge in [-0.05, 0) is 12.5 Å². The molecule has 0 aliphatic carbocycles. The van der Waals surface area contributed by atoms with Crippen molar-refractivity contribution < 1.29 is 0 Å². The molecule has 2 nitrogen and oxygen atoms in total. The van der Waals surface area contributed by atoms with E-state index in [1.807, 2.05) is 18.6 Å². The van der Waals surface area contributed by atoms with Crippen LogP contribution in [0, 0.1) is 0 Å². The van der Waals surface area contributed by atoms with Gasteiger partial charge < -0.3 is 4.57 Å². The molecule has 2 heteroatoms. The van der Waals surface area contributed by atoms with Crippen molar-refractivity contribution >= 4 is 5.57 Å². The first kappa shape index (κ1) is 8.05. The van der Waals surface area contributed by atoms with E-state index in [1.165, 1.54) is 16.8 Å². The Morgan fingerprint density at radius 1 is 1.62 bits per heavy atom. The second-order valence-electron chi connectivity index (χ2n) is 3.20. The first-order valence-electron chi connectivity index (χ1n) is 4.32. The van der Waals surface area contributed by atoms with E-state index in [-0.39, 0.29) is 0 Å². The van der Waals surface area contributed by atoms with Gasteiger partial charge in [0.1, 0.15) is 0 Å². The van der Waals surface area contributed by atoms with Crippen LogP contribution in [0.25, 0.3) is 5.57 Å². The van der Waals surface area contributed by atoms with Gasteiger partial charge >= 0.3 is 0 Å². The van der Waals surface area contributed by atoms with Gasteiger partial charge in [0.2, 0.25) is 0 Å². The zero-order valence-corrected chi connectivity index (χ0v) is 7.70. The van der Waals surface area contributed by atoms with Gasteiger partial charge in [0.25, 0.3) is 0 Å². The summed E-state index contributed by atoms with van der Waals surface area (Å²) in [4.78, 5) is 4.11. The fourth-order valence-electron chi connectivity index (χ4n) is 1.62. The highest BCUT2D eigenvalue weighted by Gasteiger charge is 2.15. The number of fused-ring (bicyclic) bond motifs is 1. The van der Waals surface area contributed by atoms with Gasteiger partial charge in [0.05, 0.1) is 18.2 Å². The molecule has 0 fully saturated rings. The van der Waals surface area contributed by atoms with E-state index < -0.39 is 0 Å². The fourth-order valence-corrected chi connectivity index (χ4v) is 1.62. The molecule has 66 valence electrons. The first-order chi connectivity index (χ1) is 6.33. The summed E-state index contributed by atoms with van der Waals surface area (Å²) in [6, 6.07) is 0. The van der Waals surface area contributed by atoms with Crippen LogP contribution in [0.5, 0.6) is 0 Å². The van der Waals surface area contributed by atoms with Crippen LogP contribution in [0.4, 0.5) is 0 Å². The van der Waals surface area contributed by atoms with E-state index in [0.29, 0.717) is 0 Å². The minimum atomic E-state index is 0.964. The van der Waals surface area contributed by atoms with Crippen molar-refractivity contribution in [1.82, 2.24) is 9.55 Å². The molecule has 2 heterocycles. The summed E-state index contributed by atoms with van der Waals surface area (Å²) in [5.74, 6) is 0. The van der Waals surface area contributed by atoms with E-state index in [4.69, 9.17) is 0 Å². The van der Waals surface area contributed by atoms with Crippen molar-refractivity contribution in [2.45, 2.75) is 13.5 Å². The van der Waals surface area contributed by atoms with Crippen LogP contribution in [0.2, 0.25) is 0 Å². The Balaban J connectivity index is 2.42. The summed E-state index contributed by atoms with van der Waals surface area (Å²) in [7, 11) is 0. The normalized spacial score (nSPS) is 15.5. The van der Waals surface area contributed by atoms with Crippen LogP contribution in [0.15, 0.2) is 42.9 Å². The highest BCUT2D eigenvalue weighted by atomic mass is 15.1. The van der Waals surface area contributed by atoms with Crippen molar-refractivity contribution in [2.75, 3.05) is 0 Å². The Hall–Kier alpha value is -1.57. The van der Waals surface area contributed by atoms with Gasteiger partial charge in [-0.15, -0.1) is 0 Å². The number of rotatable bonds is 2. The molecule has 0 saturated heterocycles. The molecule has 0 N–H and O–H groups in total. The maximum atomic E-state index is 4.11. The lowest BCUT2D eigenvalue weighted by molar-refractivity contribution is 0.806. The number of hydrogen-bond acceptors (Lipinski definition) is 1. The molecule has 1 aliphatic rings. The molecular formula is C11H12N2. The monoisotopic (exact) mass is 172 g/mol. The molecular weight excluding hydrogens is 160 g/mol. The zero-order chi connectivity index (χ0) is 9.26. The fraction of sp³-hybridized carbons (Fsp3) is 0.182. The molecule has 0 saturated carbocycles. The van der Waals surface area contributed by atoms with E-state index in [0.717, 1.165) is 6.54 Å². The molecule has 0 atom stereocenters. The summed E-state index contributed by atoms with van der Waals surface area (Å²) in [6.07, 6.45) is 9.61. The molecule has 0 bridgehead atoms. The Morgan fingerprint density at radius 2 is 2.46 bits per heavy atom. The second kappa shape index (κ2) is 3.05. The van der Waals surface area contributed by atoms with Crippen LogP contribution < -0.4 is 0 Å². The minimum absolute atomic E-state index is 0.964. The van der Waals surface area contributed by atoms with Crippen molar-refractivity contribution in [3.63, 3.8) is 0 Å². The number of nitrogens with zero attached hydrogens (tertiary/aromatic N) is 2. The van der Waals surface area contributed by atoms with Gasteiger partial charge in [0.15, 0.2) is 0 Å². The third-order valence-corrected chi connectivity index (χ3v) is 2.25.